The van der Waals surface area contributed by atoms with Gasteiger partial charge in [-0.05, 0) is 20.0 Å². The van der Waals surface area contributed by atoms with Gasteiger partial charge < -0.3 is 10.1 Å². The maximum absolute atomic E-state index is 12.2. The molecule has 2 unspecified atom stereocenters. The minimum atomic E-state index is -0.0327. The van der Waals surface area contributed by atoms with Gasteiger partial charge in [-0.2, -0.15) is 0 Å². The third-order valence-corrected chi connectivity index (χ3v) is 3.84. The predicted octanol–water partition coefficient (Wildman–Crippen LogP) is 0.411. The van der Waals surface area contributed by atoms with E-state index >= 15 is 0 Å². The van der Waals surface area contributed by atoms with Crippen LogP contribution in [0.4, 0.5) is 0 Å². The van der Waals surface area contributed by atoms with Gasteiger partial charge in [0.15, 0.2) is 0 Å². The van der Waals surface area contributed by atoms with E-state index in [9.17, 15) is 4.79 Å². The van der Waals surface area contributed by atoms with Crippen LogP contribution in [-0.4, -0.2) is 75.2 Å². The molecule has 0 saturated carbocycles. The number of carbonyl (C=O) groups is 1. The van der Waals surface area contributed by atoms with Crippen molar-refractivity contribution >= 4 is 5.91 Å². The van der Waals surface area contributed by atoms with Crippen LogP contribution in [0.25, 0.3) is 0 Å². The Labute approximate surface area is 117 Å². The number of morpholine rings is 1. The van der Waals surface area contributed by atoms with Crippen LogP contribution in [0.1, 0.15) is 20.3 Å². The molecule has 1 N–H and O–H groups in total. The molecule has 1 rings (SSSR count). The SMILES string of the molecule is CCC(C)C(C(=O)NCCN1CCOCC1)N(C)C. The summed E-state index contributed by atoms with van der Waals surface area (Å²) in [6, 6.07) is -0.0327. The monoisotopic (exact) mass is 271 g/mol. The van der Waals surface area contributed by atoms with Gasteiger partial charge in [-0.1, -0.05) is 20.3 Å². The Kier molecular flexibility index (Phi) is 7.34. The Morgan fingerprint density at radius 2 is 2.00 bits per heavy atom. The molecule has 112 valence electrons. The first-order chi connectivity index (χ1) is 9.06. The molecule has 0 aromatic rings. The summed E-state index contributed by atoms with van der Waals surface area (Å²) in [6.45, 7) is 9.45. The fourth-order valence-electron chi connectivity index (χ4n) is 2.49. The minimum Gasteiger partial charge on any atom is -0.379 e. The first-order valence-corrected chi connectivity index (χ1v) is 7.30. The second-order valence-corrected chi connectivity index (χ2v) is 5.54. The van der Waals surface area contributed by atoms with E-state index in [2.05, 4.69) is 24.1 Å². The van der Waals surface area contributed by atoms with Crippen LogP contribution in [0.2, 0.25) is 0 Å². The van der Waals surface area contributed by atoms with Gasteiger partial charge in [-0.25, -0.2) is 0 Å². The highest BCUT2D eigenvalue weighted by molar-refractivity contribution is 5.81. The van der Waals surface area contributed by atoms with Gasteiger partial charge in [-0.15, -0.1) is 0 Å². The molecule has 0 radical (unpaired) electrons. The molecule has 1 fully saturated rings. The van der Waals surface area contributed by atoms with E-state index in [-0.39, 0.29) is 11.9 Å². The lowest BCUT2D eigenvalue weighted by atomic mass is 9.97. The third kappa shape index (κ3) is 5.47. The molecule has 19 heavy (non-hydrogen) atoms. The van der Waals surface area contributed by atoms with E-state index in [4.69, 9.17) is 4.74 Å². The maximum Gasteiger partial charge on any atom is 0.237 e. The lowest BCUT2D eigenvalue weighted by Crippen LogP contribution is -2.49. The summed E-state index contributed by atoms with van der Waals surface area (Å²) in [6.07, 6.45) is 1.01. The molecule has 1 amide bonds. The number of rotatable bonds is 7. The molecule has 5 nitrogen and oxygen atoms in total. The summed E-state index contributed by atoms with van der Waals surface area (Å²) in [5, 5.41) is 3.06. The van der Waals surface area contributed by atoms with Gasteiger partial charge in [0.05, 0.1) is 19.3 Å². The average molecular weight is 271 g/mol. The predicted molar refractivity (Wildman–Crippen MR) is 77.2 cm³/mol. The summed E-state index contributed by atoms with van der Waals surface area (Å²) in [5.41, 5.74) is 0. The Morgan fingerprint density at radius 3 is 2.53 bits per heavy atom. The number of likely N-dealkylation sites (N-methyl/N-ethyl adjacent to an activating group) is 1. The van der Waals surface area contributed by atoms with Gasteiger partial charge in [0.1, 0.15) is 0 Å². The Hall–Kier alpha value is -0.650. The molecule has 5 heteroatoms. The zero-order valence-corrected chi connectivity index (χ0v) is 12.8. The van der Waals surface area contributed by atoms with Crippen LogP contribution in [0.3, 0.4) is 0 Å². The highest BCUT2D eigenvalue weighted by atomic mass is 16.5. The van der Waals surface area contributed by atoms with Gasteiger partial charge >= 0.3 is 0 Å². The summed E-state index contributed by atoms with van der Waals surface area (Å²) in [4.78, 5) is 16.6. The second-order valence-electron chi connectivity index (χ2n) is 5.54. The fourth-order valence-corrected chi connectivity index (χ4v) is 2.49. The molecule has 2 atom stereocenters. The van der Waals surface area contributed by atoms with Crippen molar-refractivity contribution in [1.29, 1.82) is 0 Å². The lowest BCUT2D eigenvalue weighted by Gasteiger charge is -2.30. The number of hydrogen-bond donors (Lipinski definition) is 1. The number of nitrogens with one attached hydrogen (secondary N) is 1. The molecule has 1 saturated heterocycles. The van der Waals surface area contributed by atoms with Crippen LogP contribution in [0.15, 0.2) is 0 Å². The zero-order valence-electron chi connectivity index (χ0n) is 12.8. The molecule has 1 aliphatic heterocycles. The maximum atomic E-state index is 12.2. The quantitative estimate of drug-likeness (QED) is 0.728. The Balaban J connectivity index is 2.31. The molecule has 0 aromatic heterocycles. The van der Waals surface area contributed by atoms with Crippen molar-refractivity contribution in [1.82, 2.24) is 15.1 Å². The molecule has 0 aliphatic carbocycles. The van der Waals surface area contributed by atoms with Crippen LogP contribution >= 0.6 is 0 Å². The Morgan fingerprint density at radius 1 is 1.37 bits per heavy atom. The highest BCUT2D eigenvalue weighted by Gasteiger charge is 2.25. The van der Waals surface area contributed by atoms with Crippen molar-refractivity contribution in [3.8, 4) is 0 Å². The summed E-state index contributed by atoms with van der Waals surface area (Å²) in [7, 11) is 3.94. The zero-order chi connectivity index (χ0) is 14.3. The molecule has 0 spiro atoms. The van der Waals surface area contributed by atoms with Crippen molar-refractivity contribution in [3.05, 3.63) is 0 Å². The van der Waals surface area contributed by atoms with E-state index < -0.39 is 0 Å². The molecule has 0 aromatic carbocycles. The largest absolute Gasteiger partial charge is 0.379 e. The van der Waals surface area contributed by atoms with Gasteiger partial charge in [0.25, 0.3) is 0 Å². The van der Waals surface area contributed by atoms with Crippen LogP contribution < -0.4 is 5.32 Å². The molecular weight excluding hydrogens is 242 g/mol. The van der Waals surface area contributed by atoms with Crippen LogP contribution in [0.5, 0.6) is 0 Å². The normalized spacial score (nSPS) is 20.3. The topological polar surface area (TPSA) is 44.8 Å². The first kappa shape index (κ1) is 16.4. The van der Waals surface area contributed by atoms with Crippen LogP contribution in [-0.2, 0) is 9.53 Å². The molecule has 0 bridgehead atoms. The van der Waals surface area contributed by atoms with Crippen LogP contribution in [0, 0.1) is 5.92 Å². The van der Waals surface area contributed by atoms with E-state index in [0.717, 1.165) is 45.8 Å². The van der Waals surface area contributed by atoms with Crippen molar-refractivity contribution in [2.24, 2.45) is 5.92 Å². The molecular formula is C14H29N3O2. The van der Waals surface area contributed by atoms with E-state index in [1.807, 2.05) is 19.0 Å². The lowest BCUT2D eigenvalue weighted by molar-refractivity contribution is -0.127. The number of hydrogen-bond acceptors (Lipinski definition) is 4. The first-order valence-electron chi connectivity index (χ1n) is 7.30. The third-order valence-electron chi connectivity index (χ3n) is 3.84. The number of carbonyl (C=O) groups excluding carboxylic acids is 1. The average Bonchev–Trinajstić information content (AvgIpc) is 2.39. The van der Waals surface area contributed by atoms with Gasteiger partial charge in [-0.3, -0.25) is 14.6 Å². The van der Waals surface area contributed by atoms with Crippen molar-refractivity contribution in [2.75, 3.05) is 53.5 Å². The minimum absolute atomic E-state index is 0.0327. The van der Waals surface area contributed by atoms with E-state index in [1.54, 1.807) is 0 Å². The Bertz CT molecular complexity index is 265. The second kappa shape index (κ2) is 8.51. The van der Waals surface area contributed by atoms with Crippen molar-refractivity contribution in [2.45, 2.75) is 26.3 Å². The molecule has 1 aliphatic rings. The van der Waals surface area contributed by atoms with Gasteiger partial charge in [0, 0.05) is 26.2 Å². The number of nitrogens with zero attached hydrogens (tertiary/aromatic N) is 2. The number of ether oxygens (including phenoxy) is 1. The summed E-state index contributed by atoms with van der Waals surface area (Å²) < 4.78 is 5.31. The number of amides is 1. The van der Waals surface area contributed by atoms with E-state index in [0.29, 0.717) is 5.92 Å². The summed E-state index contributed by atoms with van der Waals surface area (Å²) >= 11 is 0. The highest BCUT2D eigenvalue weighted by Crippen LogP contribution is 2.12. The van der Waals surface area contributed by atoms with Crippen molar-refractivity contribution in [3.63, 3.8) is 0 Å². The van der Waals surface area contributed by atoms with E-state index in [1.165, 1.54) is 0 Å². The smallest absolute Gasteiger partial charge is 0.237 e. The fraction of sp³-hybridized carbons (Fsp3) is 0.929. The standard InChI is InChI=1S/C14H29N3O2/c1-5-12(2)13(16(3)4)14(18)15-6-7-17-8-10-19-11-9-17/h12-13H,5-11H2,1-4H3,(H,15,18). The van der Waals surface area contributed by atoms with Gasteiger partial charge in [0.2, 0.25) is 5.91 Å². The molecule has 1 heterocycles. The van der Waals surface area contributed by atoms with Crippen molar-refractivity contribution < 1.29 is 9.53 Å². The summed E-state index contributed by atoms with van der Waals surface area (Å²) in [5.74, 6) is 0.519.